The average molecular weight is 389 g/mol. The number of hydrogen-bond donors (Lipinski definition) is 1. The number of benzene rings is 1. The number of rotatable bonds is 5. The largest absolute Gasteiger partial charge is 0.444 e. The number of ether oxygens (including phenoxy) is 1. The summed E-state index contributed by atoms with van der Waals surface area (Å²) < 4.78 is 20.5. The Labute approximate surface area is 168 Å². The Bertz CT molecular complexity index is 703. The molecule has 3 rings (SSSR count). The van der Waals surface area contributed by atoms with Crippen molar-refractivity contribution < 1.29 is 13.9 Å². The maximum Gasteiger partial charge on any atom is 0.410 e. The summed E-state index contributed by atoms with van der Waals surface area (Å²) in [6.45, 7) is 8.87. The monoisotopic (exact) mass is 388 g/mol. The van der Waals surface area contributed by atoms with E-state index in [4.69, 9.17) is 4.74 Å². The average Bonchev–Trinajstić information content (AvgIpc) is 3.40. The topological polar surface area (TPSA) is 41.6 Å². The molecule has 154 valence electrons. The summed E-state index contributed by atoms with van der Waals surface area (Å²) >= 11 is 0. The van der Waals surface area contributed by atoms with E-state index in [1.165, 1.54) is 11.1 Å². The Morgan fingerprint density at radius 3 is 2.54 bits per heavy atom. The second-order valence-corrected chi connectivity index (χ2v) is 9.25. The number of nitrogens with one attached hydrogen (secondary N) is 1. The van der Waals surface area contributed by atoms with Crippen molar-refractivity contribution in [3.05, 3.63) is 41.5 Å². The van der Waals surface area contributed by atoms with Gasteiger partial charge in [-0.1, -0.05) is 42.0 Å². The van der Waals surface area contributed by atoms with Crippen molar-refractivity contribution >= 4 is 12.2 Å². The Hall–Kier alpha value is -1.88. The number of halogens is 1. The van der Waals surface area contributed by atoms with Gasteiger partial charge >= 0.3 is 6.09 Å². The van der Waals surface area contributed by atoms with Crippen LogP contribution in [0.1, 0.15) is 52.5 Å². The van der Waals surface area contributed by atoms with Crippen LogP contribution in [-0.4, -0.2) is 47.9 Å². The fourth-order valence-corrected chi connectivity index (χ4v) is 3.75. The zero-order valence-electron chi connectivity index (χ0n) is 17.5. The van der Waals surface area contributed by atoms with Crippen LogP contribution in [0.4, 0.5) is 9.18 Å². The molecule has 5 heteroatoms. The molecule has 0 bridgehead atoms. The third-order valence-electron chi connectivity index (χ3n) is 5.56. The summed E-state index contributed by atoms with van der Waals surface area (Å²) in [5.41, 5.74) is 0.788. The molecule has 0 aromatic heterocycles. The summed E-state index contributed by atoms with van der Waals surface area (Å²) in [6, 6.07) is 10.7. The van der Waals surface area contributed by atoms with E-state index in [9.17, 15) is 4.79 Å². The lowest BCUT2D eigenvalue weighted by Gasteiger charge is -2.37. The first kappa shape index (κ1) is 20.8. The van der Waals surface area contributed by atoms with E-state index in [1.54, 1.807) is 4.90 Å². The third kappa shape index (κ3) is 5.81. The van der Waals surface area contributed by atoms with Crippen LogP contribution < -0.4 is 5.32 Å². The van der Waals surface area contributed by atoms with Gasteiger partial charge in [0.25, 0.3) is 0 Å². The summed E-state index contributed by atoms with van der Waals surface area (Å²) in [7, 11) is 0. The van der Waals surface area contributed by atoms with Crippen molar-refractivity contribution in [2.45, 2.75) is 64.3 Å². The Morgan fingerprint density at radius 2 is 1.93 bits per heavy atom. The molecule has 2 fully saturated rings. The van der Waals surface area contributed by atoms with Crippen LogP contribution >= 0.6 is 0 Å². The highest BCUT2D eigenvalue weighted by Gasteiger charge is 2.42. The minimum absolute atomic E-state index is 0.341. The van der Waals surface area contributed by atoms with Crippen LogP contribution in [0.5, 0.6) is 0 Å². The standard InChI is InChI=1S/C23H33FN2O2/c1-17(14-18-8-6-5-7-9-18)19-15-20(19)25-16-23(24)10-12-26(13-11-23)21(27)28-22(2,3)4/h5-9,14,19-20,25H,10-13,15-16H2,1-4H3/b17-14+. The zero-order valence-corrected chi connectivity index (χ0v) is 17.5. The number of piperidine rings is 1. The van der Waals surface area contributed by atoms with Gasteiger partial charge in [0.2, 0.25) is 0 Å². The first-order valence-corrected chi connectivity index (χ1v) is 10.3. The molecule has 1 aromatic rings. The number of nitrogens with zero attached hydrogens (tertiary/aromatic N) is 1. The van der Waals surface area contributed by atoms with E-state index >= 15 is 4.39 Å². The van der Waals surface area contributed by atoms with Gasteiger partial charge < -0.3 is 15.0 Å². The van der Waals surface area contributed by atoms with Crippen LogP contribution in [0.2, 0.25) is 0 Å². The van der Waals surface area contributed by atoms with E-state index in [-0.39, 0.29) is 6.09 Å². The second kappa shape index (κ2) is 8.24. The molecular weight excluding hydrogens is 355 g/mol. The first-order chi connectivity index (χ1) is 13.2. The maximum atomic E-state index is 15.2. The molecule has 2 atom stereocenters. The molecule has 1 N–H and O–H groups in total. The maximum absolute atomic E-state index is 15.2. The van der Waals surface area contributed by atoms with Gasteiger partial charge in [0.1, 0.15) is 11.3 Å². The van der Waals surface area contributed by atoms with E-state index in [2.05, 4.69) is 30.4 Å². The summed E-state index contributed by atoms with van der Waals surface area (Å²) in [5, 5.41) is 3.42. The van der Waals surface area contributed by atoms with Gasteiger partial charge in [-0.15, -0.1) is 0 Å². The van der Waals surface area contributed by atoms with E-state index in [0.29, 0.717) is 44.4 Å². The minimum atomic E-state index is -1.25. The van der Waals surface area contributed by atoms with Gasteiger partial charge in [-0.25, -0.2) is 9.18 Å². The zero-order chi connectivity index (χ0) is 20.4. The SMILES string of the molecule is C/C(=C\c1ccccc1)C1CC1NCC1(F)CCN(C(=O)OC(C)(C)C)CC1. The number of carbonyl (C=O) groups excluding carboxylic acids is 1. The highest BCUT2D eigenvalue weighted by molar-refractivity contribution is 5.68. The summed E-state index contributed by atoms with van der Waals surface area (Å²) in [6.07, 6.45) is 3.66. The minimum Gasteiger partial charge on any atom is -0.444 e. The number of amides is 1. The second-order valence-electron chi connectivity index (χ2n) is 9.25. The molecule has 1 aromatic carbocycles. The summed E-state index contributed by atoms with van der Waals surface area (Å²) in [5.74, 6) is 0.491. The quantitative estimate of drug-likeness (QED) is 0.787. The number of carbonyl (C=O) groups is 1. The van der Waals surface area contributed by atoms with Crippen molar-refractivity contribution in [1.82, 2.24) is 10.2 Å². The molecule has 1 heterocycles. The van der Waals surface area contributed by atoms with Gasteiger partial charge in [0, 0.05) is 38.5 Å². The van der Waals surface area contributed by atoms with Crippen molar-refractivity contribution in [3.8, 4) is 0 Å². The van der Waals surface area contributed by atoms with Crippen LogP contribution in [0.15, 0.2) is 35.9 Å². The Morgan fingerprint density at radius 1 is 1.29 bits per heavy atom. The van der Waals surface area contributed by atoms with Crippen molar-refractivity contribution in [2.24, 2.45) is 5.92 Å². The van der Waals surface area contributed by atoms with Gasteiger partial charge in [-0.2, -0.15) is 0 Å². The van der Waals surface area contributed by atoms with Crippen LogP contribution in [0, 0.1) is 5.92 Å². The number of likely N-dealkylation sites (tertiary alicyclic amines) is 1. The molecule has 28 heavy (non-hydrogen) atoms. The lowest BCUT2D eigenvalue weighted by Crippen LogP contribution is -2.50. The molecule has 2 unspecified atom stereocenters. The molecule has 1 amide bonds. The van der Waals surface area contributed by atoms with Crippen molar-refractivity contribution in [2.75, 3.05) is 19.6 Å². The van der Waals surface area contributed by atoms with Gasteiger partial charge in [0.05, 0.1) is 0 Å². The normalized spacial score (nSPS) is 24.8. The van der Waals surface area contributed by atoms with Crippen LogP contribution in [0.3, 0.4) is 0 Å². The predicted octanol–water partition coefficient (Wildman–Crippen LogP) is 4.81. The highest BCUT2D eigenvalue weighted by Crippen LogP contribution is 2.39. The molecule has 1 aliphatic carbocycles. The third-order valence-corrected chi connectivity index (χ3v) is 5.56. The molecule has 0 radical (unpaired) electrons. The van der Waals surface area contributed by atoms with Gasteiger partial charge in [-0.05, 0) is 45.6 Å². The molecule has 0 spiro atoms. The highest BCUT2D eigenvalue weighted by atomic mass is 19.1. The molecule has 2 aliphatic rings. The number of hydrogen-bond acceptors (Lipinski definition) is 3. The molecular formula is C23H33FN2O2. The van der Waals surface area contributed by atoms with Crippen LogP contribution in [-0.2, 0) is 4.74 Å². The Kier molecular flexibility index (Phi) is 6.13. The van der Waals surface area contributed by atoms with Crippen LogP contribution in [0.25, 0.3) is 6.08 Å². The number of alkyl halides is 1. The molecule has 1 saturated carbocycles. The Balaban J connectivity index is 1.42. The van der Waals surface area contributed by atoms with Crippen molar-refractivity contribution in [1.29, 1.82) is 0 Å². The molecule has 1 saturated heterocycles. The summed E-state index contributed by atoms with van der Waals surface area (Å²) in [4.78, 5) is 13.7. The smallest absolute Gasteiger partial charge is 0.410 e. The van der Waals surface area contributed by atoms with E-state index in [1.807, 2.05) is 39.0 Å². The van der Waals surface area contributed by atoms with Crippen molar-refractivity contribution in [3.63, 3.8) is 0 Å². The van der Waals surface area contributed by atoms with Gasteiger partial charge in [-0.3, -0.25) is 0 Å². The van der Waals surface area contributed by atoms with E-state index < -0.39 is 11.3 Å². The predicted molar refractivity (Wildman–Crippen MR) is 111 cm³/mol. The molecule has 4 nitrogen and oxygen atoms in total. The fraction of sp³-hybridized carbons (Fsp3) is 0.609. The first-order valence-electron chi connectivity index (χ1n) is 10.3. The lowest BCUT2D eigenvalue weighted by atomic mass is 9.93. The fourth-order valence-electron chi connectivity index (χ4n) is 3.75. The van der Waals surface area contributed by atoms with E-state index in [0.717, 1.165) is 6.42 Å². The van der Waals surface area contributed by atoms with Gasteiger partial charge in [0.15, 0.2) is 0 Å². The lowest BCUT2D eigenvalue weighted by molar-refractivity contribution is 0.00334. The molecule has 1 aliphatic heterocycles.